The summed E-state index contributed by atoms with van der Waals surface area (Å²) >= 11 is 6.08. The normalized spacial score (nSPS) is 22.5. The number of para-hydroxylation sites is 1. The number of aliphatic imine (C=N–C) groups is 1. The maximum absolute atomic E-state index is 14.3. The molecule has 0 aromatic heterocycles. The zero-order valence-corrected chi connectivity index (χ0v) is 18.4. The highest BCUT2D eigenvalue weighted by atomic mass is 35.5. The summed E-state index contributed by atoms with van der Waals surface area (Å²) in [6.45, 7) is 2.45. The Balaban J connectivity index is 1.38. The number of anilines is 1. The second-order valence-corrected chi connectivity index (χ2v) is 8.74. The summed E-state index contributed by atoms with van der Waals surface area (Å²) < 4.78 is 60.3. The van der Waals surface area contributed by atoms with Gasteiger partial charge in [0, 0.05) is 6.54 Å². The first-order valence-electron chi connectivity index (χ1n) is 10.7. The molecule has 2 aliphatic rings. The van der Waals surface area contributed by atoms with E-state index in [0.29, 0.717) is 6.54 Å². The molecule has 2 aromatic carbocycles. The standard InChI is InChI=1S/C23H24ClF4N3O2/c24-21-20(23(26,27)28)29-22(31(21)19-7-2-1-6-18(19)25)33-14-15-8-10-30(11-9-15)13-16-4-3-5-17(32)12-16/h1-7,12,15,20-21,32H,8-11,13-14H2. The van der Waals surface area contributed by atoms with Gasteiger partial charge in [-0.05, 0) is 61.7 Å². The minimum absolute atomic E-state index is 0.107. The summed E-state index contributed by atoms with van der Waals surface area (Å²) in [6, 6.07) is 10.0. The third-order valence-corrected chi connectivity index (χ3v) is 6.32. The van der Waals surface area contributed by atoms with Gasteiger partial charge in [-0.3, -0.25) is 9.80 Å². The molecule has 0 bridgehead atoms. The highest BCUT2D eigenvalue weighted by Gasteiger charge is 2.52. The number of phenolic OH excluding ortho intramolecular Hbond substituents is 1. The molecule has 5 nitrogen and oxygen atoms in total. The third kappa shape index (κ3) is 5.52. The first-order chi connectivity index (χ1) is 15.7. The fraction of sp³-hybridized carbons (Fsp3) is 0.435. The van der Waals surface area contributed by atoms with E-state index >= 15 is 0 Å². The number of hydrogen-bond acceptors (Lipinski definition) is 5. The molecule has 2 aliphatic heterocycles. The smallest absolute Gasteiger partial charge is 0.414 e. The van der Waals surface area contributed by atoms with E-state index in [1.807, 2.05) is 6.07 Å². The van der Waals surface area contributed by atoms with Gasteiger partial charge in [0.1, 0.15) is 17.1 Å². The Hall–Kier alpha value is -2.52. The lowest BCUT2D eigenvalue weighted by atomic mass is 9.97. The van der Waals surface area contributed by atoms with Gasteiger partial charge in [-0.1, -0.05) is 35.9 Å². The third-order valence-electron chi connectivity index (χ3n) is 5.88. The lowest BCUT2D eigenvalue weighted by Gasteiger charge is -2.32. The monoisotopic (exact) mass is 485 g/mol. The summed E-state index contributed by atoms with van der Waals surface area (Å²) in [5, 5.41) is 9.61. The molecule has 0 amide bonds. The summed E-state index contributed by atoms with van der Waals surface area (Å²) in [7, 11) is 0. The Kier molecular flexibility index (Phi) is 6.99. The van der Waals surface area contributed by atoms with Crippen molar-refractivity contribution in [3.63, 3.8) is 0 Å². The van der Waals surface area contributed by atoms with Gasteiger partial charge in [0.15, 0.2) is 6.04 Å². The molecular weight excluding hydrogens is 462 g/mol. The summed E-state index contributed by atoms with van der Waals surface area (Å²) in [5.74, 6) is -0.362. The minimum Gasteiger partial charge on any atom is -0.508 e. The van der Waals surface area contributed by atoms with Gasteiger partial charge in [-0.15, -0.1) is 0 Å². The topological polar surface area (TPSA) is 48.3 Å². The molecule has 1 saturated heterocycles. The van der Waals surface area contributed by atoms with E-state index < -0.39 is 23.5 Å². The Bertz CT molecular complexity index is 996. The van der Waals surface area contributed by atoms with Crippen molar-refractivity contribution in [1.29, 1.82) is 0 Å². The number of halogens is 5. The number of hydrogen-bond donors (Lipinski definition) is 1. The molecule has 2 aromatic rings. The number of amidine groups is 1. The van der Waals surface area contributed by atoms with E-state index in [1.165, 1.54) is 18.2 Å². The number of alkyl halides is 4. The van der Waals surface area contributed by atoms with Crippen LogP contribution in [0.25, 0.3) is 0 Å². The van der Waals surface area contributed by atoms with Gasteiger partial charge in [0.2, 0.25) is 0 Å². The lowest BCUT2D eigenvalue weighted by Crippen LogP contribution is -2.43. The van der Waals surface area contributed by atoms with Crippen molar-refractivity contribution in [2.75, 3.05) is 24.6 Å². The molecule has 0 saturated carbocycles. The Morgan fingerprint density at radius 2 is 1.82 bits per heavy atom. The minimum atomic E-state index is -4.68. The zero-order valence-electron chi connectivity index (χ0n) is 17.7. The van der Waals surface area contributed by atoms with Crippen molar-refractivity contribution >= 4 is 23.3 Å². The van der Waals surface area contributed by atoms with Crippen molar-refractivity contribution < 1.29 is 27.4 Å². The number of piperidine rings is 1. The number of likely N-dealkylation sites (tertiary alicyclic amines) is 1. The molecule has 4 rings (SSSR count). The Morgan fingerprint density at radius 3 is 2.48 bits per heavy atom. The van der Waals surface area contributed by atoms with Crippen LogP contribution in [0.3, 0.4) is 0 Å². The Morgan fingerprint density at radius 1 is 1.09 bits per heavy atom. The van der Waals surface area contributed by atoms with Crippen LogP contribution in [-0.2, 0) is 11.3 Å². The molecule has 178 valence electrons. The van der Waals surface area contributed by atoms with Gasteiger partial charge in [0.05, 0.1) is 12.3 Å². The van der Waals surface area contributed by atoms with Gasteiger partial charge in [-0.2, -0.15) is 13.2 Å². The molecule has 2 unspecified atom stereocenters. The summed E-state index contributed by atoms with van der Waals surface area (Å²) in [5.41, 5.74) is -0.734. The molecule has 0 spiro atoms. The molecule has 1 N–H and O–H groups in total. The highest BCUT2D eigenvalue weighted by Crippen LogP contribution is 2.38. The van der Waals surface area contributed by atoms with Crippen molar-refractivity contribution in [3.05, 3.63) is 59.9 Å². The van der Waals surface area contributed by atoms with Crippen LogP contribution in [0.2, 0.25) is 0 Å². The average molecular weight is 486 g/mol. The van der Waals surface area contributed by atoms with E-state index in [0.717, 1.165) is 42.5 Å². The summed E-state index contributed by atoms with van der Waals surface area (Å²) in [6.07, 6.45) is -3.10. The molecule has 1 fully saturated rings. The first-order valence-corrected chi connectivity index (χ1v) is 11.1. The fourth-order valence-electron chi connectivity index (χ4n) is 4.12. The maximum Gasteiger partial charge on any atom is 0.414 e. The lowest BCUT2D eigenvalue weighted by molar-refractivity contribution is -0.145. The second kappa shape index (κ2) is 9.77. The van der Waals surface area contributed by atoms with E-state index in [4.69, 9.17) is 16.3 Å². The van der Waals surface area contributed by atoms with Crippen molar-refractivity contribution in [3.8, 4) is 5.75 Å². The van der Waals surface area contributed by atoms with E-state index in [1.54, 1.807) is 18.2 Å². The van der Waals surface area contributed by atoms with Crippen molar-refractivity contribution in [2.45, 2.75) is 37.1 Å². The van der Waals surface area contributed by atoms with Crippen LogP contribution >= 0.6 is 11.6 Å². The Labute approximate surface area is 194 Å². The molecule has 2 atom stereocenters. The second-order valence-electron chi connectivity index (χ2n) is 8.29. The highest BCUT2D eigenvalue weighted by molar-refractivity contribution is 6.26. The number of aromatic hydroxyl groups is 1. The van der Waals surface area contributed by atoms with Gasteiger partial charge >= 0.3 is 6.18 Å². The van der Waals surface area contributed by atoms with Crippen LogP contribution in [0.1, 0.15) is 18.4 Å². The number of benzene rings is 2. The van der Waals surface area contributed by atoms with Crippen molar-refractivity contribution in [2.24, 2.45) is 10.9 Å². The maximum atomic E-state index is 14.3. The van der Waals surface area contributed by atoms with Gasteiger partial charge < -0.3 is 9.84 Å². The quantitative estimate of drug-likeness (QED) is 0.362. The van der Waals surface area contributed by atoms with E-state index in [2.05, 4.69) is 9.89 Å². The number of ether oxygens (including phenoxy) is 1. The van der Waals surface area contributed by atoms with Crippen molar-refractivity contribution in [1.82, 2.24) is 4.90 Å². The number of nitrogens with zero attached hydrogens (tertiary/aromatic N) is 3. The van der Waals surface area contributed by atoms with Gasteiger partial charge in [0.25, 0.3) is 6.02 Å². The predicted molar refractivity (Wildman–Crippen MR) is 118 cm³/mol. The van der Waals surface area contributed by atoms with Crippen LogP contribution in [0.5, 0.6) is 5.75 Å². The van der Waals surface area contributed by atoms with Crippen LogP contribution in [0.15, 0.2) is 53.5 Å². The predicted octanol–water partition coefficient (Wildman–Crippen LogP) is 5.13. The molecular formula is C23H24ClF4N3O2. The average Bonchev–Trinajstić information content (AvgIpc) is 3.10. The number of rotatable bonds is 5. The molecule has 0 aliphatic carbocycles. The molecule has 0 radical (unpaired) electrons. The first kappa shape index (κ1) is 23.6. The molecule has 33 heavy (non-hydrogen) atoms. The van der Waals surface area contributed by atoms with Crippen LogP contribution in [0, 0.1) is 11.7 Å². The zero-order chi connectivity index (χ0) is 23.6. The SMILES string of the molecule is Oc1cccc(CN2CCC(COC3=NC(C(F)(F)F)C(Cl)N3c3ccccc3F)CC2)c1. The molecule has 10 heteroatoms. The van der Waals surface area contributed by atoms with Crippen LogP contribution in [0.4, 0.5) is 23.2 Å². The molecule has 2 heterocycles. The van der Waals surface area contributed by atoms with E-state index in [9.17, 15) is 22.7 Å². The fourth-order valence-corrected chi connectivity index (χ4v) is 4.51. The van der Waals surface area contributed by atoms with Crippen LogP contribution < -0.4 is 4.90 Å². The largest absolute Gasteiger partial charge is 0.508 e. The number of phenols is 1. The van der Waals surface area contributed by atoms with E-state index in [-0.39, 0.29) is 30.0 Å². The summed E-state index contributed by atoms with van der Waals surface area (Å²) in [4.78, 5) is 6.89. The van der Waals surface area contributed by atoms with Crippen LogP contribution in [-0.4, -0.2) is 53.4 Å². The van der Waals surface area contributed by atoms with Gasteiger partial charge in [-0.25, -0.2) is 9.38 Å².